The summed E-state index contributed by atoms with van der Waals surface area (Å²) in [5, 5.41) is 2.53. The molecular weight excluding hydrogens is 323 g/mol. The third-order valence-electron chi connectivity index (χ3n) is 3.02. The Kier molecular flexibility index (Phi) is 8.79. The molecule has 1 atom stereocenters. The van der Waals surface area contributed by atoms with Gasteiger partial charge in [0.25, 0.3) is 0 Å². The van der Waals surface area contributed by atoms with Crippen molar-refractivity contribution in [1.29, 1.82) is 0 Å². The van der Waals surface area contributed by atoms with E-state index < -0.39 is 20.0 Å². The Morgan fingerprint density at radius 2 is 2.17 bits per heavy atom. The second-order valence-electron chi connectivity index (χ2n) is 4.97. The molecule has 8 nitrogen and oxygen atoms in total. The summed E-state index contributed by atoms with van der Waals surface area (Å²) < 4.78 is 20.4. The van der Waals surface area contributed by atoms with E-state index in [1.54, 1.807) is 18.3 Å². The van der Waals surface area contributed by atoms with Gasteiger partial charge in [0.1, 0.15) is 0 Å². The molecule has 0 saturated heterocycles. The zero-order valence-corrected chi connectivity index (χ0v) is 13.9. The molecule has 3 N–H and O–H groups in total. The Hall–Kier alpha value is -1.47. The number of amides is 1. The molecule has 23 heavy (non-hydrogen) atoms. The number of carbonyl (C=O) groups excluding carboxylic acids is 1. The number of rotatable bonds is 10. The van der Waals surface area contributed by atoms with Gasteiger partial charge in [0, 0.05) is 12.4 Å². The highest BCUT2D eigenvalue weighted by atomic mass is 31.2. The van der Waals surface area contributed by atoms with Crippen molar-refractivity contribution in [1.82, 2.24) is 10.3 Å². The van der Waals surface area contributed by atoms with Crippen LogP contribution in [0.5, 0.6) is 0 Å². The summed E-state index contributed by atoms with van der Waals surface area (Å²) in [4.78, 5) is 33.3. The van der Waals surface area contributed by atoms with Crippen molar-refractivity contribution >= 4 is 13.9 Å². The highest BCUT2D eigenvalue weighted by Crippen LogP contribution is 2.36. The fourth-order valence-corrected chi connectivity index (χ4v) is 2.20. The minimum absolute atomic E-state index is 0.297. The maximum atomic E-state index is 11.8. The third-order valence-corrected chi connectivity index (χ3v) is 3.50. The highest BCUT2D eigenvalue weighted by Gasteiger charge is 2.21. The van der Waals surface area contributed by atoms with Gasteiger partial charge >= 0.3 is 13.9 Å². The molecule has 1 aromatic rings. The zero-order chi connectivity index (χ0) is 17.1. The number of nitrogens with one attached hydrogen (secondary N) is 1. The predicted octanol–water partition coefficient (Wildman–Crippen LogP) is 2.54. The number of alkyl carbamates (subject to hydrolysis) is 1. The summed E-state index contributed by atoms with van der Waals surface area (Å²) in [6.07, 6.45) is 6.30. The molecule has 1 heterocycles. The quantitative estimate of drug-likeness (QED) is 0.440. The van der Waals surface area contributed by atoms with Crippen LogP contribution in [0.1, 0.15) is 44.2 Å². The molecular formula is C14H23N2O6P. The Bertz CT molecular complexity index is 507. The first-order valence-corrected chi connectivity index (χ1v) is 8.98. The minimum atomic E-state index is -4.63. The SMILES string of the molecule is CCCCCCOC(=O)NC(COP(=O)(O)O)c1cccnc1. The van der Waals surface area contributed by atoms with Gasteiger partial charge in [-0.2, -0.15) is 0 Å². The summed E-state index contributed by atoms with van der Waals surface area (Å²) in [7, 11) is -4.63. The summed E-state index contributed by atoms with van der Waals surface area (Å²) >= 11 is 0. The van der Waals surface area contributed by atoms with Crippen LogP contribution in [0.2, 0.25) is 0 Å². The molecule has 1 aromatic heterocycles. The topological polar surface area (TPSA) is 118 Å². The van der Waals surface area contributed by atoms with Gasteiger partial charge in [-0.25, -0.2) is 9.36 Å². The second kappa shape index (κ2) is 10.3. The molecule has 0 aliphatic rings. The van der Waals surface area contributed by atoms with Gasteiger partial charge in [-0.3, -0.25) is 9.51 Å². The van der Waals surface area contributed by atoms with Crippen LogP contribution in [0.25, 0.3) is 0 Å². The molecule has 0 aromatic carbocycles. The van der Waals surface area contributed by atoms with E-state index in [2.05, 4.69) is 21.7 Å². The van der Waals surface area contributed by atoms with Crippen molar-refractivity contribution in [3.8, 4) is 0 Å². The predicted molar refractivity (Wildman–Crippen MR) is 83.6 cm³/mol. The number of pyridine rings is 1. The van der Waals surface area contributed by atoms with Gasteiger partial charge in [-0.15, -0.1) is 0 Å². The van der Waals surface area contributed by atoms with E-state index >= 15 is 0 Å². The molecule has 0 bridgehead atoms. The van der Waals surface area contributed by atoms with E-state index in [4.69, 9.17) is 14.5 Å². The summed E-state index contributed by atoms with van der Waals surface area (Å²) in [5.41, 5.74) is 0.559. The highest BCUT2D eigenvalue weighted by molar-refractivity contribution is 7.46. The lowest BCUT2D eigenvalue weighted by atomic mass is 10.1. The average molecular weight is 346 g/mol. The van der Waals surface area contributed by atoms with Gasteiger partial charge in [-0.1, -0.05) is 32.3 Å². The van der Waals surface area contributed by atoms with Gasteiger partial charge in [-0.05, 0) is 18.1 Å². The molecule has 0 radical (unpaired) electrons. The van der Waals surface area contributed by atoms with E-state index in [0.29, 0.717) is 12.2 Å². The molecule has 1 unspecified atom stereocenters. The lowest BCUT2D eigenvalue weighted by Gasteiger charge is -2.19. The molecule has 1 rings (SSSR count). The number of hydrogen-bond acceptors (Lipinski definition) is 5. The Balaban J connectivity index is 2.52. The maximum Gasteiger partial charge on any atom is 0.469 e. The van der Waals surface area contributed by atoms with Crippen LogP contribution < -0.4 is 5.32 Å². The van der Waals surface area contributed by atoms with E-state index in [1.807, 2.05) is 0 Å². The van der Waals surface area contributed by atoms with Gasteiger partial charge in [0.15, 0.2) is 0 Å². The van der Waals surface area contributed by atoms with Crippen molar-refractivity contribution < 1.29 is 28.4 Å². The monoisotopic (exact) mass is 346 g/mol. The number of phosphoric acid groups is 1. The lowest BCUT2D eigenvalue weighted by Crippen LogP contribution is -2.32. The lowest BCUT2D eigenvalue weighted by molar-refractivity contribution is 0.129. The number of carbonyl (C=O) groups is 1. The summed E-state index contributed by atoms with van der Waals surface area (Å²) in [6, 6.07) is 2.55. The number of aromatic nitrogens is 1. The zero-order valence-electron chi connectivity index (χ0n) is 13.1. The molecule has 1 amide bonds. The number of unbranched alkanes of at least 4 members (excludes halogenated alkanes) is 3. The molecule has 0 spiro atoms. The van der Waals surface area contributed by atoms with Crippen LogP contribution in [-0.4, -0.2) is 34.1 Å². The standard InChI is InChI=1S/C14H23N2O6P/c1-2-3-4-5-9-21-14(17)16-13(11-22-23(18,19)20)12-7-6-8-15-10-12/h6-8,10,13H,2-5,9,11H2,1H3,(H,16,17)(H2,18,19,20). The van der Waals surface area contributed by atoms with E-state index in [1.165, 1.54) is 6.20 Å². The van der Waals surface area contributed by atoms with Crippen LogP contribution in [0, 0.1) is 0 Å². The van der Waals surface area contributed by atoms with Crippen LogP contribution in [0.15, 0.2) is 24.5 Å². The Morgan fingerprint density at radius 1 is 1.39 bits per heavy atom. The minimum Gasteiger partial charge on any atom is -0.450 e. The van der Waals surface area contributed by atoms with E-state index in [0.717, 1.165) is 25.7 Å². The first-order chi connectivity index (χ1) is 10.9. The number of hydrogen-bond donors (Lipinski definition) is 3. The largest absolute Gasteiger partial charge is 0.469 e. The first kappa shape index (κ1) is 19.6. The number of nitrogens with zero attached hydrogens (tertiary/aromatic N) is 1. The normalized spacial score (nSPS) is 12.7. The van der Waals surface area contributed by atoms with Gasteiger partial charge in [0.2, 0.25) is 0 Å². The van der Waals surface area contributed by atoms with Gasteiger partial charge in [0.05, 0.1) is 19.3 Å². The van der Waals surface area contributed by atoms with Crippen molar-refractivity contribution in [3.05, 3.63) is 30.1 Å². The number of phosphoric ester groups is 1. The van der Waals surface area contributed by atoms with Crippen LogP contribution in [0.3, 0.4) is 0 Å². The van der Waals surface area contributed by atoms with Crippen LogP contribution in [0.4, 0.5) is 4.79 Å². The first-order valence-electron chi connectivity index (χ1n) is 7.45. The number of ether oxygens (including phenoxy) is 1. The molecule has 0 aliphatic heterocycles. The molecule has 0 aliphatic carbocycles. The third kappa shape index (κ3) is 9.30. The fourth-order valence-electron chi connectivity index (χ4n) is 1.85. The van der Waals surface area contributed by atoms with Crippen LogP contribution >= 0.6 is 7.82 Å². The second-order valence-corrected chi connectivity index (χ2v) is 6.21. The summed E-state index contributed by atoms with van der Waals surface area (Å²) in [5.74, 6) is 0. The summed E-state index contributed by atoms with van der Waals surface area (Å²) in [6.45, 7) is 2.00. The van der Waals surface area contributed by atoms with Crippen molar-refractivity contribution in [2.75, 3.05) is 13.2 Å². The molecule has 0 saturated carbocycles. The Labute approximate surface area is 135 Å². The van der Waals surface area contributed by atoms with Crippen LogP contribution in [-0.2, 0) is 13.8 Å². The smallest absolute Gasteiger partial charge is 0.450 e. The molecule has 9 heteroatoms. The molecule has 0 fully saturated rings. The van der Waals surface area contributed by atoms with Crippen molar-refractivity contribution in [2.24, 2.45) is 0 Å². The maximum absolute atomic E-state index is 11.8. The van der Waals surface area contributed by atoms with Gasteiger partial charge < -0.3 is 19.8 Å². The van der Waals surface area contributed by atoms with Crippen molar-refractivity contribution in [2.45, 2.75) is 38.6 Å². The van der Waals surface area contributed by atoms with E-state index in [9.17, 15) is 9.36 Å². The fraction of sp³-hybridized carbons (Fsp3) is 0.571. The van der Waals surface area contributed by atoms with E-state index in [-0.39, 0.29) is 6.61 Å². The average Bonchev–Trinajstić information content (AvgIpc) is 2.51. The van der Waals surface area contributed by atoms with Crippen molar-refractivity contribution in [3.63, 3.8) is 0 Å². The Morgan fingerprint density at radius 3 is 2.78 bits per heavy atom. The molecule has 130 valence electrons.